The number of imidazole rings is 1. The molecular weight excluding hydrogens is 600 g/mol. The van der Waals surface area contributed by atoms with Crippen molar-refractivity contribution in [1.82, 2.24) is 33.9 Å². The van der Waals surface area contributed by atoms with Gasteiger partial charge in [-0.05, 0) is 80.0 Å². The fourth-order valence-corrected chi connectivity index (χ4v) is 8.28. The van der Waals surface area contributed by atoms with E-state index < -0.39 is 0 Å². The molecule has 0 spiro atoms. The van der Waals surface area contributed by atoms with Gasteiger partial charge in [0.15, 0.2) is 5.82 Å². The molecular formula is C35H35ClN8O2. The number of aromatic nitrogens is 5. The average molecular weight is 635 g/mol. The first-order chi connectivity index (χ1) is 22.4. The van der Waals surface area contributed by atoms with Crippen LogP contribution in [0.4, 0.5) is 0 Å². The van der Waals surface area contributed by atoms with Crippen molar-refractivity contribution < 1.29 is 9.59 Å². The number of carbonyl (C=O) groups excluding carboxylic acids is 2. The summed E-state index contributed by atoms with van der Waals surface area (Å²) < 4.78 is 4.50. The number of hydrogen-bond donors (Lipinski definition) is 1. The molecule has 9 rings (SSSR count). The first-order valence-electron chi connectivity index (χ1n) is 16.3. The van der Waals surface area contributed by atoms with Crippen LogP contribution < -0.4 is 5.73 Å². The molecule has 46 heavy (non-hydrogen) atoms. The molecule has 2 saturated carbocycles. The van der Waals surface area contributed by atoms with Gasteiger partial charge in [-0.15, -0.1) is 0 Å². The van der Waals surface area contributed by atoms with E-state index in [1.807, 2.05) is 28.1 Å². The number of halogens is 1. The topological polar surface area (TPSA) is 115 Å². The number of rotatable bonds is 7. The summed E-state index contributed by atoms with van der Waals surface area (Å²) in [4.78, 5) is 44.7. The SMILES string of the molecule is N[C@@H]1[C@@H]2CC[C@H]1N(C(=O)c1cc(Cl)c3c(c1)nc(-c1cc4cccnc4n1CC1CC1)n3CC1CN(C(=O)c3ccncc3)C1)C2. The highest BCUT2D eigenvalue weighted by atomic mass is 35.5. The normalized spacial score (nSPS) is 22.7. The van der Waals surface area contributed by atoms with Crippen LogP contribution in [-0.2, 0) is 13.1 Å². The van der Waals surface area contributed by atoms with Crippen LogP contribution in [-0.4, -0.2) is 77.4 Å². The van der Waals surface area contributed by atoms with Crippen molar-refractivity contribution in [3.05, 3.63) is 77.2 Å². The largest absolute Gasteiger partial charge is 0.338 e. The van der Waals surface area contributed by atoms with Crippen LogP contribution in [0.1, 0.15) is 46.4 Å². The minimum absolute atomic E-state index is 0.0153. The maximum Gasteiger partial charge on any atom is 0.254 e. The zero-order valence-corrected chi connectivity index (χ0v) is 26.2. The molecule has 4 aliphatic rings. The number of piperidine rings is 1. The number of likely N-dealkylation sites (tertiary alicyclic amines) is 2. The number of benzene rings is 1. The highest BCUT2D eigenvalue weighted by Crippen LogP contribution is 2.40. The second-order valence-corrected chi connectivity index (χ2v) is 14.0. The van der Waals surface area contributed by atoms with Crippen molar-refractivity contribution in [2.75, 3.05) is 19.6 Å². The third-order valence-corrected chi connectivity index (χ3v) is 10.9. The summed E-state index contributed by atoms with van der Waals surface area (Å²) in [6.45, 7) is 3.50. The van der Waals surface area contributed by atoms with E-state index in [9.17, 15) is 9.59 Å². The number of hydrogen-bond acceptors (Lipinski definition) is 6. The van der Waals surface area contributed by atoms with Gasteiger partial charge < -0.3 is 24.7 Å². The van der Waals surface area contributed by atoms with Crippen LogP contribution in [0, 0.1) is 17.8 Å². The Labute approximate surface area is 271 Å². The predicted octanol–water partition coefficient (Wildman–Crippen LogP) is 4.85. The van der Waals surface area contributed by atoms with Crippen molar-refractivity contribution in [2.45, 2.75) is 50.9 Å². The second-order valence-electron chi connectivity index (χ2n) is 13.6. The smallest absolute Gasteiger partial charge is 0.254 e. The lowest BCUT2D eigenvalue weighted by Gasteiger charge is -2.39. The zero-order valence-electron chi connectivity index (χ0n) is 25.4. The zero-order chi connectivity index (χ0) is 31.1. The van der Waals surface area contributed by atoms with Crippen molar-refractivity contribution in [1.29, 1.82) is 0 Å². The molecule has 1 aromatic carbocycles. The van der Waals surface area contributed by atoms with E-state index in [-0.39, 0.29) is 29.8 Å². The van der Waals surface area contributed by atoms with Gasteiger partial charge in [0.1, 0.15) is 5.65 Å². The molecule has 4 fully saturated rings. The highest BCUT2D eigenvalue weighted by molar-refractivity contribution is 6.35. The monoisotopic (exact) mass is 634 g/mol. The van der Waals surface area contributed by atoms with Crippen molar-refractivity contribution >= 4 is 45.5 Å². The maximum absolute atomic E-state index is 13.8. The molecule has 3 atom stereocenters. The Morgan fingerprint density at radius 1 is 0.870 bits per heavy atom. The number of pyridine rings is 2. The lowest BCUT2D eigenvalue weighted by Crippen LogP contribution is -2.51. The third kappa shape index (κ3) is 4.52. The van der Waals surface area contributed by atoms with Gasteiger partial charge >= 0.3 is 0 Å². The van der Waals surface area contributed by atoms with Crippen LogP contribution in [0.25, 0.3) is 33.6 Å². The molecule has 6 heterocycles. The molecule has 234 valence electrons. The van der Waals surface area contributed by atoms with Crippen LogP contribution in [0.5, 0.6) is 0 Å². The van der Waals surface area contributed by atoms with Crippen molar-refractivity contribution in [3.63, 3.8) is 0 Å². The summed E-state index contributed by atoms with van der Waals surface area (Å²) in [5.41, 5.74) is 11.1. The van der Waals surface area contributed by atoms with Gasteiger partial charge in [-0.25, -0.2) is 9.97 Å². The van der Waals surface area contributed by atoms with Crippen LogP contribution in [0.3, 0.4) is 0 Å². The van der Waals surface area contributed by atoms with Crippen LogP contribution >= 0.6 is 11.6 Å². The lowest BCUT2D eigenvalue weighted by molar-refractivity contribution is 0.0471. The van der Waals surface area contributed by atoms with E-state index in [2.05, 4.69) is 26.3 Å². The Kier molecular flexibility index (Phi) is 6.47. The van der Waals surface area contributed by atoms with E-state index >= 15 is 0 Å². The van der Waals surface area contributed by atoms with Crippen LogP contribution in [0.15, 0.2) is 61.1 Å². The number of nitrogens with zero attached hydrogens (tertiary/aromatic N) is 7. The minimum atomic E-state index is -0.0288. The molecule has 0 unspecified atom stereocenters. The molecule has 2 N–H and O–H groups in total. The molecule has 4 aromatic heterocycles. The molecule has 0 radical (unpaired) electrons. The lowest BCUT2D eigenvalue weighted by atomic mass is 9.98. The molecule has 2 aliphatic heterocycles. The summed E-state index contributed by atoms with van der Waals surface area (Å²) in [6.07, 6.45) is 9.60. The number of carbonyl (C=O) groups is 2. The minimum Gasteiger partial charge on any atom is -0.338 e. The molecule has 2 bridgehead atoms. The fraction of sp³-hybridized carbons (Fsp3) is 0.400. The van der Waals surface area contributed by atoms with Gasteiger partial charge in [0, 0.05) is 85.8 Å². The Balaban J connectivity index is 1.11. The van der Waals surface area contributed by atoms with Crippen LogP contribution in [0.2, 0.25) is 5.02 Å². The summed E-state index contributed by atoms with van der Waals surface area (Å²) >= 11 is 7.10. The first kappa shape index (κ1) is 28.0. The Bertz CT molecular complexity index is 2010. The molecule has 2 amide bonds. The van der Waals surface area contributed by atoms with E-state index in [4.69, 9.17) is 27.3 Å². The summed E-state index contributed by atoms with van der Waals surface area (Å²) in [5, 5.41) is 1.57. The molecule has 11 heteroatoms. The summed E-state index contributed by atoms with van der Waals surface area (Å²) in [6, 6.07) is 13.6. The Morgan fingerprint density at radius 3 is 2.41 bits per heavy atom. The first-order valence-corrected chi connectivity index (χ1v) is 16.7. The van der Waals surface area contributed by atoms with Gasteiger partial charge in [-0.2, -0.15) is 0 Å². The van der Waals surface area contributed by atoms with Gasteiger partial charge in [0.05, 0.1) is 21.7 Å². The summed E-state index contributed by atoms with van der Waals surface area (Å²) in [5.74, 6) is 2.01. The predicted molar refractivity (Wildman–Crippen MR) is 175 cm³/mol. The molecule has 2 saturated heterocycles. The standard InChI is InChI=1S/C35H35ClN8O2/c36-26-12-25(35(46)43-19-24-5-6-28(43)30(24)37)13-27-31(26)44(18-21-15-41(16-21)34(45)22-7-10-38-11-8-22)33(40-27)29-14-23-2-1-9-39-32(23)42(29)17-20-3-4-20/h1-2,7-14,20-21,24,28,30H,3-6,15-19,37H2/t24-,28-,30-/m1/s1. The van der Waals surface area contributed by atoms with E-state index in [1.165, 1.54) is 12.8 Å². The van der Waals surface area contributed by atoms with Gasteiger partial charge in [-0.1, -0.05) is 11.6 Å². The fourth-order valence-electron chi connectivity index (χ4n) is 7.96. The third-order valence-electron chi connectivity index (χ3n) is 10.6. The Hall–Kier alpha value is -4.28. The van der Waals surface area contributed by atoms with E-state index in [0.29, 0.717) is 59.7 Å². The van der Waals surface area contributed by atoms with E-state index in [1.54, 1.807) is 30.6 Å². The molecule has 5 aromatic rings. The van der Waals surface area contributed by atoms with Gasteiger partial charge in [0.2, 0.25) is 0 Å². The van der Waals surface area contributed by atoms with Crippen molar-refractivity contribution in [2.24, 2.45) is 23.5 Å². The second kappa shape index (κ2) is 10.6. The quantitative estimate of drug-likeness (QED) is 0.274. The van der Waals surface area contributed by atoms with Gasteiger partial charge in [-0.3, -0.25) is 14.6 Å². The molecule has 2 aliphatic carbocycles. The van der Waals surface area contributed by atoms with E-state index in [0.717, 1.165) is 47.5 Å². The molecule has 10 nitrogen and oxygen atoms in total. The average Bonchev–Trinajstić information content (AvgIpc) is 3.40. The number of fused-ring (bicyclic) bond motifs is 4. The number of nitrogens with two attached hydrogens (primary N) is 1. The van der Waals surface area contributed by atoms with Gasteiger partial charge in [0.25, 0.3) is 11.8 Å². The number of amides is 2. The van der Waals surface area contributed by atoms with Crippen molar-refractivity contribution in [3.8, 4) is 11.5 Å². The Morgan fingerprint density at radius 2 is 1.67 bits per heavy atom. The highest BCUT2D eigenvalue weighted by Gasteiger charge is 2.47. The summed E-state index contributed by atoms with van der Waals surface area (Å²) in [7, 11) is 0. The maximum atomic E-state index is 13.8.